The Hall–Kier alpha value is -1.57. The summed E-state index contributed by atoms with van der Waals surface area (Å²) in [5, 5.41) is 8.46. The van der Waals surface area contributed by atoms with Gasteiger partial charge in [-0.2, -0.15) is 0 Å². The summed E-state index contributed by atoms with van der Waals surface area (Å²) in [5.74, 6) is -0.747. The van der Waals surface area contributed by atoms with Crippen molar-refractivity contribution in [2.24, 2.45) is 0 Å². The van der Waals surface area contributed by atoms with E-state index in [1.54, 1.807) is 0 Å². The average molecular weight is 290 g/mol. The van der Waals surface area contributed by atoms with Crippen LogP contribution in [-0.2, 0) is 4.79 Å². The van der Waals surface area contributed by atoms with Crippen LogP contribution < -0.4 is 0 Å². The number of unbranched alkanes of at least 4 members (excludes halogenated alkanes) is 5. The van der Waals surface area contributed by atoms with Crippen LogP contribution in [0.2, 0.25) is 0 Å². The summed E-state index contributed by atoms with van der Waals surface area (Å²) >= 11 is 0. The third-order valence-electron chi connectivity index (χ3n) is 3.01. The van der Waals surface area contributed by atoms with E-state index in [4.69, 9.17) is 5.11 Å². The molecule has 0 rings (SSSR count). The van der Waals surface area contributed by atoms with Crippen LogP contribution in [0, 0.1) is 0 Å². The molecule has 0 saturated carbocycles. The topological polar surface area (TPSA) is 37.3 Å². The van der Waals surface area contributed by atoms with E-state index < -0.39 is 5.97 Å². The van der Waals surface area contributed by atoms with Crippen LogP contribution in [0.4, 0.5) is 0 Å². The molecule has 0 saturated heterocycles. The van der Waals surface area contributed by atoms with Crippen LogP contribution in [0.25, 0.3) is 0 Å². The molecule has 0 amide bonds. The van der Waals surface area contributed by atoms with Crippen molar-refractivity contribution >= 4 is 5.97 Å². The van der Waals surface area contributed by atoms with Crippen molar-refractivity contribution in [3.63, 3.8) is 0 Å². The largest absolute Gasteiger partial charge is 0.481 e. The van der Waals surface area contributed by atoms with Crippen LogP contribution in [0.3, 0.4) is 0 Å². The molecule has 118 valence electrons. The number of hydrogen-bond acceptors (Lipinski definition) is 1. The molecular weight excluding hydrogens is 260 g/mol. The van der Waals surface area contributed by atoms with E-state index in [2.05, 4.69) is 31.2 Å². The summed E-state index contributed by atoms with van der Waals surface area (Å²) in [5.41, 5.74) is 0. The van der Waals surface area contributed by atoms with Gasteiger partial charge in [-0.15, -0.1) is 0 Å². The number of carboxylic acids is 1. The molecule has 2 heteroatoms. The van der Waals surface area contributed by atoms with Crippen molar-refractivity contribution in [1.29, 1.82) is 0 Å². The summed E-state index contributed by atoms with van der Waals surface area (Å²) in [6.07, 6.45) is 25.9. The molecule has 0 bridgehead atoms. The predicted molar refractivity (Wildman–Crippen MR) is 91.4 cm³/mol. The third-order valence-corrected chi connectivity index (χ3v) is 3.01. The molecule has 0 aromatic heterocycles. The quantitative estimate of drug-likeness (QED) is 0.263. The molecule has 0 aromatic rings. The number of hydrogen-bond donors (Lipinski definition) is 1. The Kier molecular flexibility index (Phi) is 15.3. The molecule has 21 heavy (non-hydrogen) atoms. The fraction of sp³-hybridized carbons (Fsp3) is 0.526. The summed E-state index contributed by atoms with van der Waals surface area (Å²) in [6.45, 7) is 2.22. The first kappa shape index (κ1) is 19.4. The Morgan fingerprint density at radius 3 is 1.86 bits per heavy atom. The molecular formula is C19H30O2. The van der Waals surface area contributed by atoms with Gasteiger partial charge in [-0.1, -0.05) is 68.4 Å². The summed E-state index contributed by atoms with van der Waals surface area (Å²) < 4.78 is 0. The zero-order chi connectivity index (χ0) is 15.6. The van der Waals surface area contributed by atoms with Gasteiger partial charge in [0.15, 0.2) is 0 Å². The van der Waals surface area contributed by atoms with E-state index in [-0.39, 0.29) is 6.42 Å². The third kappa shape index (κ3) is 18.4. The van der Waals surface area contributed by atoms with Gasteiger partial charge >= 0.3 is 5.97 Å². The molecule has 0 radical (unpaired) electrons. The second kappa shape index (κ2) is 16.5. The van der Waals surface area contributed by atoms with Gasteiger partial charge in [0.25, 0.3) is 0 Å². The first-order valence-corrected chi connectivity index (χ1v) is 8.12. The van der Waals surface area contributed by atoms with Crippen LogP contribution in [-0.4, -0.2) is 11.1 Å². The van der Waals surface area contributed by atoms with Gasteiger partial charge in [-0.3, -0.25) is 4.79 Å². The highest BCUT2D eigenvalue weighted by Crippen LogP contribution is 2.03. The molecule has 0 heterocycles. The number of allylic oxidation sites excluding steroid dienone is 8. The molecule has 0 unspecified atom stereocenters. The Morgan fingerprint density at radius 1 is 0.762 bits per heavy atom. The highest BCUT2D eigenvalue weighted by molar-refractivity contribution is 5.66. The number of rotatable bonds is 13. The zero-order valence-corrected chi connectivity index (χ0v) is 13.3. The molecule has 0 aliphatic heterocycles. The molecule has 0 aliphatic carbocycles. The monoisotopic (exact) mass is 290 g/mol. The highest BCUT2D eigenvalue weighted by atomic mass is 16.4. The van der Waals surface area contributed by atoms with Crippen molar-refractivity contribution in [2.75, 3.05) is 0 Å². The second-order valence-corrected chi connectivity index (χ2v) is 5.07. The van der Waals surface area contributed by atoms with Crippen molar-refractivity contribution in [2.45, 2.75) is 64.7 Å². The lowest BCUT2D eigenvalue weighted by Gasteiger charge is -1.93. The van der Waals surface area contributed by atoms with Crippen molar-refractivity contribution in [3.8, 4) is 0 Å². The second-order valence-electron chi connectivity index (χ2n) is 5.07. The van der Waals surface area contributed by atoms with Crippen molar-refractivity contribution in [3.05, 3.63) is 48.6 Å². The molecule has 0 aromatic carbocycles. The fourth-order valence-electron chi connectivity index (χ4n) is 1.77. The van der Waals surface area contributed by atoms with Crippen LogP contribution >= 0.6 is 0 Å². The minimum atomic E-state index is -0.747. The first-order chi connectivity index (χ1) is 10.3. The average Bonchev–Trinajstić information content (AvgIpc) is 2.46. The minimum Gasteiger partial charge on any atom is -0.481 e. The van der Waals surface area contributed by atoms with Crippen molar-refractivity contribution in [1.82, 2.24) is 0 Å². The van der Waals surface area contributed by atoms with Gasteiger partial charge in [-0.25, -0.2) is 0 Å². The van der Waals surface area contributed by atoms with E-state index in [0.717, 1.165) is 6.42 Å². The lowest BCUT2D eigenvalue weighted by molar-refractivity contribution is -0.136. The molecule has 0 aliphatic rings. The number of aliphatic carboxylic acids is 1. The smallest absolute Gasteiger partial charge is 0.303 e. The van der Waals surface area contributed by atoms with Gasteiger partial charge in [0.1, 0.15) is 0 Å². The number of carboxylic acid groups (broad SMARTS) is 1. The van der Waals surface area contributed by atoms with E-state index in [1.165, 1.54) is 38.5 Å². The first-order valence-electron chi connectivity index (χ1n) is 8.12. The van der Waals surface area contributed by atoms with Crippen LogP contribution in [0.15, 0.2) is 48.6 Å². The SMILES string of the molecule is CCCC/C=C/CCCC/C=C/C=C/C=C/CCC(=O)O. The van der Waals surface area contributed by atoms with Crippen molar-refractivity contribution < 1.29 is 9.90 Å². The maximum Gasteiger partial charge on any atom is 0.303 e. The lowest BCUT2D eigenvalue weighted by atomic mass is 10.1. The maximum absolute atomic E-state index is 10.3. The van der Waals surface area contributed by atoms with Gasteiger partial charge < -0.3 is 5.11 Å². The van der Waals surface area contributed by atoms with Gasteiger partial charge in [0.2, 0.25) is 0 Å². The summed E-state index contributed by atoms with van der Waals surface area (Å²) in [6, 6.07) is 0. The highest BCUT2D eigenvalue weighted by Gasteiger charge is 1.90. The summed E-state index contributed by atoms with van der Waals surface area (Å²) in [7, 11) is 0. The normalized spacial score (nSPS) is 12.4. The Morgan fingerprint density at radius 2 is 1.29 bits per heavy atom. The molecule has 0 fully saturated rings. The molecule has 2 nitrogen and oxygen atoms in total. The number of carbonyl (C=O) groups is 1. The van der Waals surface area contributed by atoms with E-state index >= 15 is 0 Å². The van der Waals surface area contributed by atoms with Gasteiger partial charge in [-0.05, 0) is 38.5 Å². The van der Waals surface area contributed by atoms with E-state index in [9.17, 15) is 4.79 Å². The van der Waals surface area contributed by atoms with Gasteiger partial charge in [0.05, 0.1) is 0 Å². The van der Waals surface area contributed by atoms with E-state index in [0.29, 0.717) is 6.42 Å². The van der Waals surface area contributed by atoms with E-state index in [1.807, 2.05) is 24.3 Å². The Bertz CT molecular complexity index is 349. The van der Waals surface area contributed by atoms with Crippen LogP contribution in [0.5, 0.6) is 0 Å². The zero-order valence-electron chi connectivity index (χ0n) is 13.3. The molecule has 0 atom stereocenters. The molecule has 1 N–H and O–H groups in total. The maximum atomic E-state index is 10.3. The standard InChI is InChI=1S/C19H30O2/c1-2-3-4-5-6-7-8-9-10-11-12-13-14-15-16-17-18-19(20)21/h5-6,11-16H,2-4,7-10,17-18H2,1H3,(H,20,21)/b6-5+,12-11+,14-13+,16-15+. The predicted octanol–water partition coefficient (Wildman–Crippen LogP) is 5.83. The summed E-state index contributed by atoms with van der Waals surface area (Å²) in [4.78, 5) is 10.3. The Balaban J connectivity index is 3.39. The van der Waals surface area contributed by atoms with Gasteiger partial charge in [0, 0.05) is 6.42 Å². The van der Waals surface area contributed by atoms with Crippen LogP contribution in [0.1, 0.15) is 64.7 Å². The lowest BCUT2D eigenvalue weighted by Crippen LogP contribution is -1.91. The molecule has 0 spiro atoms. The minimum absolute atomic E-state index is 0.201. The Labute approximate surface area is 130 Å². The fourth-order valence-corrected chi connectivity index (χ4v) is 1.77.